The second-order valence-corrected chi connectivity index (χ2v) is 7.07. The maximum absolute atomic E-state index is 11.3. The zero-order valence-corrected chi connectivity index (χ0v) is 15.1. The second-order valence-electron chi connectivity index (χ2n) is 6.67. The average molecular weight is 379 g/mol. The average Bonchev–Trinajstić information content (AvgIpc) is 2.62. The van der Waals surface area contributed by atoms with Crippen LogP contribution < -0.4 is 21.7 Å². The van der Waals surface area contributed by atoms with Gasteiger partial charge in [-0.25, -0.2) is 4.99 Å². The van der Waals surface area contributed by atoms with Gasteiger partial charge in [0.15, 0.2) is 11.6 Å². The molecule has 0 saturated carbocycles. The van der Waals surface area contributed by atoms with Crippen LogP contribution in [0, 0.1) is 16.0 Å². The van der Waals surface area contributed by atoms with Crippen LogP contribution in [0.25, 0.3) is 0 Å². The van der Waals surface area contributed by atoms with E-state index in [4.69, 9.17) is 17.3 Å². The molecule has 140 valence electrons. The first-order valence-corrected chi connectivity index (χ1v) is 9.03. The molecule has 5 N–H and O–H groups in total. The quantitative estimate of drug-likeness (QED) is 0.436. The van der Waals surface area contributed by atoms with Crippen LogP contribution in [0.2, 0.25) is 5.02 Å². The Hall–Kier alpha value is -2.16. The van der Waals surface area contributed by atoms with Crippen molar-refractivity contribution < 1.29 is 4.92 Å². The Kier molecular flexibility index (Phi) is 5.75. The molecule has 1 saturated heterocycles. The first-order chi connectivity index (χ1) is 12.5. The molecule has 1 fully saturated rings. The Morgan fingerprint density at radius 1 is 1.38 bits per heavy atom. The highest BCUT2D eigenvalue weighted by atomic mass is 35.5. The summed E-state index contributed by atoms with van der Waals surface area (Å²) in [6.45, 7) is 2.59. The fourth-order valence-electron chi connectivity index (χ4n) is 3.18. The SMILES string of the molecule is NC1(Cc2ccccc2Cl)N=CC([N+](=O)[O-])=C(NCC2CCNCC2)N1. The predicted octanol–water partition coefficient (Wildman–Crippen LogP) is 1.20. The van der Waals surface area contributed by atoms with Crippen molar-refractivity contribution in [3.05, 3.63) is 56.5 Å². The first kappa shape index (κ1) is 18.6. The van der Waals surface area contributed by atoms with E-state index in [1.54, 1.807) is 6.07 Å². The number of nitro groups is 1. The molecular weight excluding hydrogens is 356 g/mol. The summed E-state index contributed by atoms with van der Waals surface area (Å²) in [5.41, 5.74) is 7.06. The first-order valence-electron chi connectivity index (χ1n) is 8.66. The number of hydrogen-bond acceptors (Lipinski definition) is 7. The van der Waals surface area contributed by atoms with Gasteiger partial charge in [-0.3, -0.25) is 15.8 Å². The maximum atomic E-state index is 11.3. The molecule has 1 aromatic carbocycles. The lowest BCUT2D eigenvalue weighted by molar-refractivity contribution is -0.416. The van der Waals surface area contributed by atoms with Gasteiger partial charge in [-0.15, -0.1) is 0 Å². The Balaban J connectivity index is 1.73. The van der Waals surface area contributed by atoms with E-state index in [0.717, 1.165) is 31.5 Å². The monoisotopic (exact) mass is 378 g/mol. The number of nitrogens with zero attached hydrogens (tertiary/aromatic N) is 2. The van der Waals surface area contributed by atoms with Gasteiger partial charge in [0.2, 0.25) is 0 Å². The van der Waals surface area contributed by atoms with Gasteiger partial charge < -0.3 is 16.0 Å². The highest BCUT2D eigenvalue weighted by molar-refractivity contribution is 6.31. The number of allylic oxidation sites excluding steroid dienone is 1. The number of halogens is 1. The summed E-state index contributed by atoms with van der Waals surface area (Å²) in [5.74, 6) is -0.424. The molecule has 3 rings (SSSR count). The molecule has 8 nitrogen and oxygen atoms in total. The molecule has 2 aliphatic heterocycles. The minimum atomic E-state index is -1.19. The van der Waals surface area contributed by atoms with Gasteiger partial charge in [0.1, 0.15) is 6.21 Å². The number of aliphatic imine (C=N–C) groups is 1. The molecule has 0 amide bonds. The Labute approximate surface area is 157 Å². The molecule has 26 heavy (non-hydrogen) atoms. The minimum absolute atomic E-state index is 0.112. The summed E-state index contributed by atoms with van der Waals surface area (Å²) in [6.07, 6.45) is 3.61. The number of nitrogens with two attached hydrogens (primary N) is 1. The Morgan fingerprint density at radius 2 is 2.12 bits per heavy atom. The molecule has 0 bridgehead atoms. The molecule has 9 heteroatoms. The fourth-order valence-corrected chi connectivity index (χ4v) is 3.38. The third-order valence-corrected chi connectivity index (χ3v) is 5.02. The molecule has 0 aromatic heterocycles. The summed E-state index contributed by atoms with van der Waals surface area (Å²) in [5, 5.41) is 21.4. The van der Waals surface area contributed by atoms with Crippen molar-refractivity contribution in [2.24, 2.45) is 16.6 Å². The summed E-state index contributed by atoms with van der Waals surface area (Å²) in [6, 6.07) is 7.35. The van der Waals surface area contributed by atoms with Crippen LogP contribution >= 0.6 is 11.6 Å². The lowest BCUT2D eigenvalue weighted by atomic mass is 9.98. The molecule has 0 radical (unpaired) electrons. The van der Waals surface area contributed by atoms with Crippen molar-refractivity contribution in [2.45, 2.75) is 25.0 Å². The van der Waals surface area contributed by atoms with Crippen LogP contribution in [0.3, 0.4) is 0 Å². The van der Waals surface area contributed by atoms with E-state index < -0.39 is 10.7 Å². The van der Waals surface area contributed by atoms with E-state index in [1.807, 2.05) is 18.2 Å². The van der Waals surface area contributed by atoms with Crippen LogP contribution in [-0.2, 0) is 6.42 Å². The van der Waals surface area contributed by atoms with Crippen LogP contribution in [0.15, 0.2) is 40.8 Å². The van der Waals surface area contributed by atoms with Crippen LogP contribution in [0.5, 0.6) is 0 Å². The molecular formula is C17H23ClN6O2. The lowest BCUT2D eigenvalue weighted by Crippen LogP contribution is -2.58. The van der Waals surface area contributed by atoms with E-state index >= 15 is 0 Å². The summed E-state index contributed by atoms with van der Waals surface area (Å²) >= 11 is 6.21. The fraction of sp³-hybridized carbons (Fsp3) is 0.471. The number of hydrogen-bond donors (Lipinski definition) is 4. The van der Waals surface area contributed by atoms with Gasteiger partial charge in [0, 0.05) is 18.0 Å². The summed E-state index contributed by atoms with van der Waals surface area (Å²) in [4.78, 5) is 15.1. The molecule has 1 atom stereocenters. The van der Waals surface area contributed by atoms with Crippen molar-refractivity contribution in [1.82, 2.24) is 16.0 Å². The molecule has 1 aromatic rings. The van der Waals surface area contributed by atoms with Gasteiger partial charge in [0.05, 0.1) is 4.92 Å². The largest absolute Gasteiger partial charge is 0.366 e. The minimum Gasteiger partial charge on any atom is -0.366 e. The summed E-state index contributed by atoms with van der Waals surface area (Å²) in [7, 11) is 0. The van der Waals surface area contributed by atoms with E-state index in [9.17, 15) is 10.1 Å². The second kappa shape index (κ2) is 8.03. The molecule has 2 aliphatic rings. The van der Waals surface area contributed by atoms with E-state index in [-0.39, 0.29) is 5.70 Å². The zero-order valence-electron chi connectivity index (χ0n) is 14.4. The van der Waals surface area contributed by atoms with Crippen molar-refractivity contribution in [3.63, 3.8) is 0 Å². The van der Waals surface area contributed by atoms with Gasteiger partial charge in [-0.05, 0) is 43.5 Å². The van der Waals surface area contributed by atoms with Gasteiger partial charge in [-0.2, -0.15) is 0 Å². The van der Waals surface area contributed by atoms with Crippen LogP contribution in [0.4, 0.5) is 0 Å². The normalized spacial score (nSPS) is 23.6. The molecule has 1 unspecified atom stereocenters. The molecule has 0 spiro atoms. The van der Waals surface area contributed by atoms with Gasteiger partial charge in [0.25, 0.3) is 0 Å². The highest BCUT2D eigenvalue weighted by Crippen LogP contribution is 2.22. The maximum Gasteiger partial charge on any atom is 0.326 e. The number of piperidine rings is 1. The third kappa shape index (κ3) is 4.51. The number of rotatable bonds is 6. The van der Waals surface area contributed by atoms with Crippen molar-refractivity contribution in [2.75, 3.05) is 19.6 Å². The zero-order chi connectivity index (χ0) is 18.6. The van der Waals surface area contributed by atoms with Crippen molar-refractivity contribution in [1.29, 1.82) is 0 Å². The van der Waals surface area contributed by atoms with E-state index in [2.05, 4.69) is 20.9 Å². The van der Waals surface area contributed by atoms with E-state index in [1.165, 1.54) is 6.21 Å². The smallest absolute Gasteiger partial charge is 0.326 e. The lowest BCUT2D eigenvalue weighted by Gasteiger charge is -2.32. The van der Waals surface area contributed by atoms with Gasteiger partial charge in [-0.1, -0.05) is 29.8 Å². The van der Waals surface area contributed by atoms with E-state index in [0.29, 0.717) is 29.7 Å². The molecule has 2 heterocycles. The standard InChI is InChI=1S/C17H23ClN6O2/c18-14-4-2-1-3-13(14)9-17(19)22-11-15(24(25)26)16(23-17)21-10-12-5-7-20-8-6-12/h1-4,11-12,20-21,23H,5-10,19H2. The predicted molar refractivity (Wildman–Crippen MR) is 101 cm³/mol. The summed E-state index contributed by atoms with van der Waals surface area (Å²) < 4.78 is 0. The van der Waals surface area contributed by atoms with Crippen molar-refractivity contribution in [3.8, 4) is 0 Å². The third-order valence-electron chi connectivity index (χ3n) is 4.66. The highest BCUT2D eigenvalue weighted by Gasteiger charge is 2.34. The Morgan fingerprint density at radius 3 is 2.81 bits per heavy atom. The number of nitrogens with one attached hydrogen (secondary N) is 3. The Bertz CT molecular complexity index is 732. The van der Waals surface area contributed by atoms with Gasteiger partial charge >= 0.3 is 5.70 Å². The molecule has 0 aliphatic carbocycles. The van der Waals surface area contributed by atoms with Crippen molar-refractivity contribution >= 4 is 17.8 Å². The topological polar surface area (TPSA) is 118 Å². The number of benzene rings is 1. The van der Waals surface area contributed by atoms with Crippen LogP contribution in [0.1, 0.15) is 18.4 Å². The van der Waals surface area contributed by atoms with Crippen LogP contribution in [-0.4, -0.2) is 36.6 Å².